The second kappa shape index (κ2) is 15.4. The van der Waals surface area contributed by atoms with Gasteiger partial charge in [-0.25, -0.2) is 0 Å². The van der Waals surface area contributed by atoms with Crippen molar-refractivity contribution in [3.63, 3.8) is 0 Å². The zero-order valence-corrected chi connectivity index (χ0v) is 40.1. The molecule has 0 saturated heterocycles. The summed E-state index contributed by atoms with van der Waals surface area (Å²) in [5, 5.41) is 0. The third-order valence-electron chi connectivity index (χ3n) is 15.5. The lowest BCUT2D eigenvalue weighted by Gasteiger charge is -2.30. The van der Waals surface area contributed by atoms with Gasteiger partial charge in [0, 0.05) is 50.4 Å². The Labute approximate surface area is 402 Å². The number of aryl methyl sites for hydroxylation is 1. The van der Waals surface area contributed by atoms with E-state index in [9.17, 15) is 0 Å². The average Bonchev–Trinajstić information content (AvgIpc) is 3.83. The maximum atomic E-state index is 2.46. The summed E-state index contributed by atoms with van der Waals surface area (Å²) < 4.78 is 0. The fourth-order valence-electron chi connectivity index (χ4n) is 11.8. The van der Waals surface area contributed by atoms with Crippen LogP contribution in [0.25, 0.3) is 45.5 Å². The Balaban J connectivity index is 0.847. The molecule has 0 spiro atoms. The van der Waals surface area contributed by atoms with Crippen LogP contribution in [0, 0.1) is 6.92 Å². The number of hydrogen-bond donors (Lipinski definition) is 0. The van der Waals surface area contributed by atoms with Crippen LogP contribution in [0.3, 0.4) is 0 Å². The molecule has 12 rings (SSSR count). The Morgan fingerprint density at radius 3 is 1.07 bits per heavy atom. The number of anilines is 6. The third-order valence-corrected chi connectivity index (χ3v) is 15.5. The van der Waals surface area contributed by atoms with Crippen LogP contribution in [0.1, 0.15) is 91.6 Å². The molecule has 0 N–H and O–H groups in total. The Morgan fingerprint density at radius 2 is 0.618 bits per heavy atom. The number of benzene rings is 9. The van der Waals surface area contributed by atoms with Crippen LogP contribution in [0.15, 0.2) is 200 Å². The first kappa shape index (κ1) is 41.7. The molecule has 0 saturated carbocycles. The van der Waals surface area contributed by atoms with Gasteiger partial charge in [-0.05, 0) is 163 Å². The lowest BCUT2D eigenvalue weighted by atomic mass is 9.81. The van der Waals surface area contributed by atoms with Crippen LogP contribution in [-0.4, -0.2) is 0 Å². The molecular formula is C66H56N2. The van der Waals surface area contributed by atoms with Gasteiger partial charge in [0.1, 0.15) is 0 Å². The van der Waals surface area contributed by atoms with Crippen LogP contribution in [0.4, 0.5) is 34.1 Å². The number of rotatable bonds is 8. The Bertz CT molecular complexity index is 3460. The lowest BCUT2D eigenvalue weighted by Crippen LogP contribution is -2.18. The topological polar surface area (TPSA) is 6.48 Å². The largest absolute Gasteiger partial charge is 0.310 e. The number of para-hydroxylation sites is 2. The molecule has 330 valence electrons. The highest BCUT2D eigenvalue weighted by molar-refractivity contribution is 5.90. The Hall–Kier alpha value is -7.68. The number of hydrogen-bond acceptors (Lipinski definition) is 2. The maximum absolute atomic E-state index is 2.46. The lowest BCUT2D eigenvalue weighted by molar-refractivity contribution is 0.659. The number of nitrogens with zero attached hydrogens (tertiary/aromatic N) is 2. The minimum absolute atomic E-state index is 0.0871. The summed E-state index contributed by atoms with van der Waals surface area (Å²) in [6.45, 7) is 16.5. The molecule has 0 heterocycles. The molecule has 0 aliphatic heterocycles. The van der Waals surface area contributed by atoms with Crippen molar-refractivity contribution in [2.75, 3.05) is 9.80 Å². The molecule has 9 aromatic carbocycles. The third kappa shape index (κ3) is 6.53. The Kier molecular flexibility index (Phi) is 9.47. The molecule has 0 aromatic heterocycles. The average molecular weight is 877 g/mol. The molecule has 0 fully saturated rings. The molecule has 3 aliphatic rings. The van der Waals surface area contributed by atoms with Crippen molar-refractivity contribution in [2.45, 2.75) is 64.7 Å². The highest BCUT2D eigenvalue weighted by atomic mass is 15.1. The fourth-order valence-corrected chi connectivity index (χ4v) is 11.8. The molecule has 0 amide bonds. The predicted octanol–water partition coefficient (Wildman–Crippen LogP) is 18.0. The summed E-state index contributed by atoms with van der Waals surface area (Å²) in [4.78, 5) is 4.82. The smallest absolute Gasteiger partial charge is 0.0465 e. The van der Waals surface area contributed by atoms with Gasteiger partial charge in [0.25, 0.3) is 0 Å². The maximum Gasteiger partial charge on any atom is 0.0465 e. The summed E-state index contributed by atoms with van der Waals surface area (Å²) in [7, 11) is 0. The van der Waals surface area contributed by atoms with E-state index in [-0.39, 0.29) is 16.2 Å². The summed E-state index contributed by atoms with van der Waals surface area (Å²) in [6, 6.07) is 74.5. The zero-order valence-electron chi connectivity index (χ0n) is 40.1. The van der Waals surface area contributed by atoms with Gasteiger partial charge in [-0.3, -0.25) is 0 Å². The van der Waals surface area contributed by atoms with E-state index < -0.39 is 0 Å². The van der Waals surface area contributed by atoms with Gasteiger partial charge >= 0.3 is 0 Å². The van der Waals surface area contributed by atoms with Crippen molar-refractivity contribution >= 4 is 46.3 Å². The highest BCUT2D eigenvalue weighted by Crippen LogP contribution is 2.54. The molecule has 2 nitrogen and oxygen atoms in total. The second-order valence-electron chi connectivity index (χ2n) is 20.7. The molecule has 68 heavy (non-hydrogen) atoms. The first-order valence-electron chi connectivity index (χ1n) is 24.2. The van der Waals surface area contributed by atoms with Crippen molar-refractivity contribution in [3.8, 4) is 33.4 Å². The second-order valence-corrected chi connectivity index (χ2v) is 20.7. The summed E-state index contributed by atoms with van der Waals surface area (Å²) in [5.74, 6) is 0. The van der Waals surface area contributed by atoms with Crippen LogP contribution in [0.5, 0.6) is 0 Å². The van der Waals surface area contributed by atoms with Gasteiger partial charge in [-0.15, -0.1) is 0 Å². The van der Waals surface area contributed by atoms with Gasteiger partial charge in [0.05, 0.1) is 0 Å². The van der Waals surface area contributed by atoms with E-state index >= 15 is 0 Å². The molecule has 9 aromatic rings. The first-order chi connectivity index (χ1) is 32.9. The number of fused-ring (bicyclic) bond motifs is 9. The van der Waals surface area contributed by atoms with Crippen molar-refractivity contribution in [1.82, 2.24) is 0 Å². The minimum atomic E-state index is -0.191. The minimum Gasteiger partial charge on any atom is -0.310 e. The fraction of sp³-hybridized carbons (Fsp3) is 0.152. The van der Waals surface area contributed by atoms with Crippen LogP contribution < -0.4 is 9.80 Å². The molecule has 0 unspecified atom stereocenters. The first-order valence-corrected chi connectivity index (χ1v) is 24.2. The van der Waals surface area contributed by atoms with Crippen LogP contribution >= 0.6 is 0 Å². The van der Waals surface area contributed by atoms with Crippen LogP contribution in [0.2, 0.25) is 0 Å². The standard InChI is InChI=1S/C66H56N2/c1-43-17-16-22-48(37-43)68(50-30-34-55-52-23-14-15-24-58(52)64(2,3)61(55)41-50)51-31-36-57-54-33-28-45(39-60(54)66(6,7)63(57)42-51)26-25-44-27-32-53-56-35-29-49(40-62(56)65(4,5)59(53)38-44)67(46-18-10-8-11-19-46)47-20-12-9-13-21-47/h8-42H,1-7H3/b26-25+. The monoisotopic (exact) mass is 876 g/mol. The summed E-state index contributed by atoms with van der Waals surface area (Å²) in [6.07, 6.45) is 4.59. The van der Waals surface area contributed by atoms with Gasteiger partial charge < -0.3 is 9.80 Å². The molecule has 0 radical (unpaired) electrons. The van der Waals surface area contributed by atoms with Crippen molar-refractivity contribution in [1.29, 1.82) is 0 Å². The summed E-state index contributed by atoms with van der Waals surface area (Å²) in [5.41, 5.74) is 26.4. The van der Waals surface area contributed by atoms with E-state index in [1.807, 2.05) is 0 Å². The van der Waals surface area contributed by atoms with Gasteiger partial charge in [0.2, 0.25) is 0 Å². The Morgan fingerprint density at radius 1 is 0.279 bits per heavy atom. The molecule has 2 heteroatoms. The molecule has 3 aliphatic carbocycles. The predicted molar refractivity (Wildman–Crippen MR) is 289 cm³/mol. The molecule has 0 atom stereocenters. The SMILES string of the molecule is Cc1cccc(N(c2ccc3c(c2)C(C)(C)c2ccccc2-3)c2ccc3c(c2)C(C)(C)c2cc(/C=C/c4ccc5c(c4)C(C)(C)c4cc(N(c6ccccc6)c6ccccc6)ccc4-5)ccc2-3)c1. The highest BCUT2D eigenvalue weighted by Gasteiger charge is 2.39. The molecule has 0 bridgehead atoms. The van der Waals surface area contributed by atoms with Gasteiger partial charge in [0.15, 0.2) is 0 Å². The quantitative estimate of drug-likeness (QED) is 0.140. The van der Waals surface area contributed by atoms with Crippen LogP contribution in [-0.2, 0) is 16.2 Å². The van der Waals surface area contributed by atoms with E-state index in [0.717, 1.165) is 11.4 Å². The van der Waals surface area contributed by atoms with Crippen molar-refractivity contribution < 1.29 is 0 Å². The van der Waals surface area contributed by atoms with Gasteiger partial charge in [-0.1, -0.05) is 181 Å². The molecular weight excluding hydrogens is 821 g/mol. The van der Waals surface area contributed by atoms with Gasteiger partial charge in [-0.2, -0.15) is 0 Å². The zero-order chi connectivity index (χ0) is 46.5. The van der Waals surface area contributed by atoms with E-state index in [4.69, 9.17) is 0 Å². The van der Waals surface area contributed by atoms with E-state index in [0.29, 0.717) is 0 Å². The van der Waals surface area contributed by atoms with E-state index in [1.165, 1.54) is 106 Å². The van der Waals surface area contributed by atoms with E-state index in [1.54, 1.807) is 0 Å². The van der Waals surface area contributed by atoms with Crippen molar-refractivity contribution in [3.05, 3.63) is 250 Å². The summed E-state index contributed by atoms with van der Waals surface area (Å²) >= 11 is 0. The normalized spacial score (nSPS) is 15.0. The van der Waals surface area contributed by atoms with E-state index in [2.05, 4.69) is 271 Å². The van der Waals surface area contributed by atoms with Crippen molar-refractivity contribution in [2.24, 2.45) is 0 Å².